The number of sulfonamides is 1. The molecule has 1 fully saturated rings. The minimum atomic E-state index is -4.96. The molecule has 2 rings (SSSR count). The van der Waals surface area contributed by atoms with Gasteiger partial charge in [-0.15, -0.1) is 0 Å². The molecule has 0 saturated carbocycles. The first-order valence-corrected chi connectivity index (χ1v) is 11.9. The van der Waals surface area contributed by atoms with E-state index >= 15 is 0 Å². The van der Waals surface area contributed by atoms with Gasteiger partial charge in [0.2, 0.25) is 15.9 Å². The molecule has 1 N–H and O–H groups in total. The number of amides is 2. The van der Waals surface area contributed by atoms with Gasteiger partial charge in [0, 0.05) is 25.3 Å². The molecule has 0 radical (unpaired) electrons. The molecule has 1 unspecified atom stereocenters. The van der Waals surface area contributed by atoms with Crippen molar-refractivity contribution >= 4 is 27.5 Å². The lowest BCUT2D eigenvalue weighted by molar-refractivity contribution is -0.185. The monoisotopic (exact) mass is 463 g/mol. The molecule has 1 saturated heterocycles. The lowest BCUT2D eigenvalue weighted by Crippen LogP contribution is -2.50. The molecule has 1 aliphatic heterocycles. The Morgan fingerprint density at radius 2 is 1.94 bits per heavy atom. The van der Waals surface area contributed by atoms with Crippen LogP contribution in [0, 0.1) is 0 Å². The van der Waals surface area contributed by atoms with Crippen LogP contribution in [0.2, 0.25) is 0 Å². The molecule has 0 bridgehead atoms. The van der Waals surface area contributed by atoms with Gasteiger partial charge in [-0.05, 0) is 43.9 Å². The molecule has 1 aromatic carbocycles. The van der Waals surface area contributed by atoms with Gasteiger partial charge in [0.25, 0.3) is 0 Å². The third kappa shape index (κ3) is 6.67. The van der Waals surface area contributed by atoms with Gasteiger partial charge < -0.3 is 10.2 Å². The highest BCUT2D eigenvalue weighted by atomic mass is 32.2. The molecular formula is C20H28F3N3O4S. The summed E-state index contributed by atoms with van der Waals surface area (Å²) in [7, 11) is -3.55. The average molecular weight is 464 g/mol. The summed E-state index contributed by atoms with van der Waals surface area (Å²) >= 11 is 0. The Morgan fingerprint density at radius 3 is 2.55 bits per heavy atom. The first kappa shape index (κ1) is 25.1. The van der Waals surface area contributed by atoms with Crippen molar-refractivity contribution in [1.82, 2.24) is 9.21 Å². The second-order valence-corrected chi connectivity index (χ2v) is 9.49. The van der Waals surface area contributed by atoms with Crippen LogP contribution in [0.3, 0.4) is 0 Å². The highest BCUT2D eigenvalue weighted by Gasteiger charge is 2.42. The first-order valence-electron chi connectivity index (χ1n) is 10.2. The summed E-state index contributed by atoms with van der Waals surface area (Å²) in [5.41, 5.74) is 0.743. The topological polar surface area (TPSA) is 86.8 Å². The minimum absolute atomic E-state index is 0.0354. The van der Waals surface area contributed by atoms with E-state index in [4.69, 9.17) is 0 Å². The molecule has 7 nitrogen and oxygen atoms in total. The van der Waals surface area contributed by atoms with Crippen LogP contribution in [0.1, 0.15) is 45.1 Å². The number of nitrogens with one attached hydrogen (secondary N) is 1. The van der Waals surface area contributed by atoms with Gasteiger partial charge in [-0.25, -0.2) is 8.42 Å². The normalized spacial score (nSPS) is 17.9. The zero-order chi connectivity index (χ0) is 23.2. The number of anilines is 1. The van der Waals surface area contributed by atoms with Crippen molar-refractivity contribution < 1.29 is 31.2 Å². The molecule has 1 aliphatic rings. The standard InChI is InChI=1S/C20H28F3N3O4S/c1-3-12-31(29,30)26-11-6-5-10-17(26)18(27)24-16-9-7-8-15(13-16)14-25(4-2)19(28)20(21,22)23/h7-9,13,17H,3-6,10-12,14H2,1-2H3,(H,24,27). The van der Waals surface area contributed by atoms with Gasteiger partial charge in [0.1, 0.15) is 6.04 Å². The quantitative estimate of drug-likeness (QED) is 0.642. The van der Waals surface area contributed by atoms with Crippen molar-refractivity contribution in [3.8, 4) is 0 Å². The Kier molecular flexibility index (Phi) is 8.47. The number of alkyl halides is 3. The summed E-state index contributed by atoms with van der Waals surface area (Å²) in [5.74, 6) is -2.44. The maximum atomic E-state index is 12.8. The summed E-state index contributed by atoms with van der Waals surface area (Å²) in [4.78, 5) is 25.0. The maximum Gasteiger partial charge on any atom is 0.471 e. The molecule has 2 amide bonds. The smallest absolute Gasteiger partial charge is 0.331 e. The number of rotatable bonds is 8. The fraction of sp³-hybridized carbons (Fsp3) is 0.600. The van der Waals surface area contributed by atoms with Gasteiger partial charge in [-0.1, -0.05) is 25.5 Å². The summed E-state index contributed by atoms with van der Waals surface area (Å²) in [6, 6.07) is 5.34. The number of hydrogen-bond donors (Lipinski definition) is 1. The van der Waals surface area contributed by atoms with E-state index in [0.717, 1.165) is 6.42 Å². The van der Waals surface area contributed by atoms with E-state index in [1.165, 1.54) is 17.3 Å². The van der Waals surface area contributed by atoms with Crippen molar-refractivity contribution in [3.05, 3.63) is 29.8 Å². The van der Waals surface area contributed by atoms with Crippen molar-refractivity contribution in [2.24, 2.45) is 0 Å². The fourth-order valence-electron chi connectivity index (χ4n) is 3.58. The van der Waals surface area contributed by atoms with E-state index in [-0.39, 0.29) is 25.4 Å². The second-order valence-electron chi connectivity index (χ2n) is 7.45. The molecule has 1 atom stereocenters. The predicted octanol–water partition coefficient (Wildman–Crippen LogP) is 3.13. The fourth-order valence-corrected chi connectivity index (χ4v) is 5.32. The second kappa shape index (κ2) is 10.4. The molecule has 11 heteroatoms. The number of benzene rings is 1. The van der Waals surface area contributed by atoms with Crippen LogP contribution >= 0.6 is 0 Å². The zero-order valence-corrected chi connectivity index (χ0v) is 18.4. The predicted molar refractivity (Wildman–Crippen MR) is 111 cm³/mol. The number of halogens is 3. The number of nitrogens with zero attached hydrogens (tertiary/aromatic N) is 2. The molecule has 174 valence electrons. The Morgan fingerprint density at radius 1 is 1.23 bits per heavy atom. The summed E-state index contributed by atoms with van der Waals surface area (Å²) in [6.45, 7) is 3.10. The van der Waals surface area contributed by atoms with E-state index in [1.807, 2.05) is 0 Å². The Labute approximate surface area is 180 Å². The van der Waals surface area contributed by atoms with E-state index < -0.39 is 34.1 Å². The SMILES string of the molecule is CCCS(=O)(=O)N1CCCCC1C(=O)Nc1cccc(CN(CC)C(=O)C(F)(F)F)c1. The molecule has 0 spiro atoms. The zero-order valence-electron chi connectivity index (χ0n) is 17.6. The van der Waals surface area contributed by atoms with Gasteiger partial charge in [-0.3, -0.25) is 9.59 Å². The van der Waals surface area contributed by atoms with Crippen LogP contribution in [0.5, 0.6) is 0 Å². The molecule has 1 heterocycles. The van der Waals surface area contributed by atoms with Gasteiger partial charge >= 0.3 is 12.1 Å². The summed E-state index contributed by atoms with van der Waals surface area (Å²) < 4.78 is 64.5. The molecule has 1 aromatic rings. The Balaban J connectivity index is 2.14. The van der Waals surface area contributed by atoms with E-state index in [9.17, 15) is 31.2 Å². The van der Waals surface area contributed by atoms with Crippen molar-refractivity contribution in [2.75, 3.05) is 24.2 Å². The molecule has 0 aromatic heterocycles. The van der Waals surface area contributed by atoms with Crippen LogP contribution in [0.15, 0.2) is 24.3 Å². The number of carbonyl (C=O) groups excluding carboxylic acids is 2. The van der Waals surface area contributed by atoms with E-state index in [0.29, 0.717) is 35.4 Å². The Hall–Kier alpha value is -2.14. The molecule has 0 aliphatic carbocycles. The number of hydrogen-bond acceptors (Lipinski definition) is 4. The first-order chi connectivity index (χ1) is 14.5. The Bertz CT molecular complexity index is 890. The van der Waals surface area contributed by atoms with Gasteiger partial charge in [0.05, 0.1) is 5.75 Å². The van der Waals surface area contributed by atoms with Gasteiger partial charge in [0.15, 0.2) is 0 Å². The highest BCUT2D eigenvalue weighted by molar-refractivity contribution is 7.89. The van der Waals surface area contributed by atoms with Crippen molar-refractivity contribution in [2.45, 2.75) is 58.3 Å². The van der Waals surface area contributed by atoms with Crippen molar-refractivity contribution in [3.63, 3.8) is 0 Å². The number of piperidine rings is 1. The third-order valence-electron chi connectivity index (χ3n) is 5.06. The van der Waals surface area contributed by atoms with Crippen LogP contribution < -0.4 is 5.32 Å². The lowest BCUT2D eigenvalue weighted by atomic mass is 10.0. The van der Waals surface area contributed by atoms with Crippen LogP contribution in [-0.2, 0) is 26.2 Å². The van der Waals surface area contributed by atoms with Crippen LogP contribution in [-0.4, -0.2) is 60.5 Å². The molecule has 31 heavy (non-hydrogen) atoms. The number of carbonyl (C=O) groups is 2. The van der Waals surface area contributed by atoms with Crippen LogP contribution in [0.25, 0.3) is 0 Å². The van der Waals surface area contributed by atoms with E-state index in [2.05, 4.69) is 5.32 Å². The lowest BCUT2D eigenvalue weighted by Gasteiger charge is -2.33. The minimum Gasteiger partial charge on any atom is -0.331 e. The molecular weight excluding hydrogens is 435 g/mol. The maximum absolute atomic E-state index is 12.8. The largest absolute Gasteiger partial charge is 0.471 e. The van der Waals surface area contributed by atoms with Crippen LogP contribution in [0.4, 0.5) is 18.9 Å². The highest BCUT2D eigenvalue weighted by Crippen LogP contribution is 2.24. The van der Waals surface area contributed by atoms with E-state index in [1.54, 1.807) is 25.1 Å². The third-order valence-corrected chi connectivity index (χ3v) is 7.13. The average Bonchev–Trinajstić information content (AvgIpc) is 2.71. The van der Waals surface area contributed by atoms with Crippen molar-refractivity contribution in [1.29, 1.82) is 0 Å². The summed E-state index contributed by atoms with van der Waals surface area (Å²) in [5, 5.41) is 2.68. The van der Waals surface area contributed by atoms with Gasteiger partial charge in [-0.2, -0.15) is 17.5 Å². The summed E-state index contributed by atoms with van der Waals surface area (Å²) in [6.07, 6.45) is -2.71.